The first-order chi connectivity index (χ1) is 11.3. The molecule has 0 unspecified atom stereocenters. The van der Waals surface area contributed by atoms with Crippen molar-refractivity contribution in [2.45, 2.75) is 45.6 Å². The fourth-order valence-electron chi connectivity index (χ4n) is 2.45. The maximum absolute atomic E-state index is 5.92. The predicted octanol–water partition coefficient (Wildman–Crippen LogP) is 4.74. The molecule has 0 aliphatic rings. The summed E-state index contributed by atoms with van der Waals surface area (Å²) in [6.07, 6.45) is 6.39. The lowest BCUT2D eigenvalue weighted by molar-refractivity contribution is 0.667. The topological polar surface area (TPSA) is 50.4 Å². The lowest BCUT2D eigenvalue weighted by Gasteiger charge is -2.06. The highest BCUT2D eigenvalue weighted by Crippen LogP contribution is 2.11. The van der Waals surface area contributed by atoms with Gasteiger partial charge in [-0.05, 0) is 36.1 Å². The number of hydrogen-bond acceptors (Lipinski definition) is 1. The third-order valence-electron chi connectivity index (χ3n) is 3.82. The van der Waals surface area contributed by atoms with Crippen molar-refractivity contribution in [3.63, 3.8) is 0 Å². The number of nitrogens with one attached hydrogen (secondary N) is 1. The number of aliphatic imine (C=N–C) groups is 1. The summed E-state index contributed by atoms with van der Waals surface area (Å²) < 4.78 is 0. The summed E-state index contributed by atoms with van der Waals surface area (Å²) in [7, 11) is 0. The second-order valence-electron chi connectivity index (χ2n) is 5.82. The Morgan fingerprint density at radius 1 is 0.913 bits per heavy atom. The van der Waals surface area contributed by atoms with E-state index >= 15 is 0 Å². The van der Waals surface area contributed by atoms with Crippen LogP contribution in [0.4, 0.5) is 5.69 Å². The number of aryl methyl sites for hydroxylation is 1. The van der Waals surface area contributed by atoms with Gasteiger partial charge in [0.05, 0.1) is 6.54 Å². The van der Waals surface area contributed by atoms with Crippen molar-refractivity contribution in [1.82, 2.24) is 0 Å². The number of benzene rings is 2. The zero-order valence-corrected chi connectivity index (χ0v) is 14.0. The van der Waals surface area contributed by atoms with Crippen molar-refractivity contribution in [1.29, 1.82) is 0 Å². The highest BCUT2D eigenvalue weighted by molar-refractivity contribution is 5.92. The van der Waals surface area contributed by atoms with Crippen molar-refractivity contribution in [3.05, 3.63) is 65.7 Å². The van der Waals surface area contributed by atoms with Gasteiger partial charge in [-0.15, -0.1) is 0 Å². The highest BCUT2D eigenvalue weighted by atomic mass is 15.1. The lowest BCUT2D eigenvalue weighted by Crippen LogP contribution is -2.22. The largest absolute Gasteiger partial charge is 0.370 e. The normalized spacial score (nSPS) is 11.4. The second-order valence-corrected chi connectivity index (χ2v) is 5.82. The first kappa shape index (κ1) is 17.1. The van der Waals surface area contributed by atoms with E-state index in [0.29, 0.717) is 12.5 Å². The first-order valence-electron chi connectivity index (χ1n) is 8.47. The fraction of sp³-hybridized carbons (Fsp3) is 0.350. The minimum Gasteiger partial charge on any atom is -0.370 e. The van der Waals surface area contributed by atoms with Gasteiger partial charge in [-0.25, -0.2) is 4.99 Å². The Labute approximate surface area is 139 Å². The van der Waals surface area contributed by atoms with Crippen LogP contribution in [0.5, 0.6) is 0 Å². The van der Waals surface area contributed by atoms with Crippen LogP contribution < -0.4 is 11.1 Å². The molecule has 0 atom stereocenters. The molecule has 0 heterocycles. The minimum atomic E-state index is 0.444. The molecule has 0 bridgehead atoms. The van der Waals surface area contributed by atoms with Gasteiger partial charge in [0.2, 0.25) is 0 Å². The van der Waals surface area contributed by atoms with E-state index in [1.807, 2.05) is 30.3 Å². The van der Waals surface area contributed by atoms with Crippen LogP contribution in [0.3, 0.4) is 0 Å². The molecule has 0 aromatic heterocycles. The summed E-state index contributed by atoms with van der Waals surface area (Å²) in [5.41, 5.74) is 9.46. The monoisotopic (exact) mass is 309 g/mol. The molecule has 0 aliphatic carbocycles. The molecule has 0 radical (unpaired) electrons. The van der Waals surface area contributed by atoms with Crippen LogP contribution in [0.1, 0.15) is 43.7 Å². The van der Waals surface area contributed by atoms with Crippen LogP contribution in [0.25, 0.3) is 0 Å². The zero-order valence-electron chi connectivity index (χ0n) is 14.0. The molecule has 0 aliphatic heterocycles. The second kappa shape index (κ2) is 9.67. The smallest absolute Gasteiger partial charge is 0.193 e. The Hall–Kier alpha value is -2.29. The quantitative estimate of drug-likeness (QED) is 0.420. The Balaban J connectivity index is 1.79. The van der Waals surface area contributed by atoms with Gasteiger partial charge >= 0.3 is 0 Å². The molecule has 3 N–H and O–H groups in total. The summed E-state index contributed by atoms with van der Waals surface area (Å²) in [6.45, 7) is 2.84. The molecule has 0 saturated carbocycles. The Bertz CT molecular complexity index is 588. The summed E-state index contributed by atoms with van der Waals surface area (Å²) in [5.74, 6) is 0.444. The maximum atomic E-state index is 5.92. The first-order valence-corrected chi connectivity index (χ1v) is 8.47. The number of rotatable bonds is 8. The van der Waals surface area contributed by atoms with Crippen LogP contribution in [0.2, 0.25) is 0 Å². The van der Waals surface area contributed by atoms with Crippen LogP contribution in [-0.4, -0.2) is 5.96 Å². The van der Waals surface area contributed by atoms with Gasteiger partial charge in [0, 0.05) is 5.69 Å². The average molecular weight is 309 g/mol. The number of nitrogens with two attached hydrogens (primary N) is 1. The number of guanidine groups is 1. The Morgan fingerprint density at radius 2 is 1.61 bits per heavy atom. The number of para-hydroxylation sites is 1. The van der Waals surface area contributed by atoms with Crippen LogP contribution >= 0.6 is 0 Å². The van der Waals surface area contributed by atoms with Gasteiger partial charge < -0.3 is 11.1 Å². The van der Waals surface area contributed by atoms with Crippen LogP contribution in [-0.2, 0) is 13.0 Å². The van der Waals surface area contributed by atoms with Crippen LogP contribution in [0, 0.1) is 0 Å². The Morgan fingerprint density at radius 3 is 2.30 bits per heavy atom. The molecule has 2 aromatic rings. The van der Waals surface area contributed by atoms with Crippen molar-refractivity contribution in [2.24, 2.45) is 10.7 Å². The molecule has 2 aromatic carbocycles. The predicted molar refractivity (Wildman–Crippen MR) is 99.7 cm³/mol. The van der Waals surface area contributed by atoms with E-state index in [9.17, 15) is 0 Å². The number of hydrogen-bond donors (Lipinski definition) is 2. The molecule has 0 saturated heterocycles. The van der Waals surface area contributed by atoms with E-state index in [1.165, 1.54) is 43.2 Å². The molecule has 2 rings (SSSR count). The third-order valence-corrected chi connectivity index (χ3v) is 3.82. The van der Waals surface area contributed by atoms with E-state index in [1.54, 1.807) is 0 Å². The minimum absolute atomic E-state index is 0.444. The summed E-state index contributed by atoms with van der Waals surface area (Å²) in [5, 5.41) is 3.09. The summed E-state index contributed by atoms with van der Waals surface area (Å²) in [6, 6.07) is 18.6. The van der Waals surface area contributed by atoms with Crippen molar-refractivity contribution < 1.29 is 0 Å². The van der Waals surface area contributed by atoms with Crippen molar-refractivity contribution in [2.75, 3.05) is 5.32 Å². The van der Waals surface area contributed by atoms with E-state index in [-0.39, 0.29) is 0 Å². The number of anilines is 1. The molecule has 0 spiro atoms. The van der Waals surface area contributed by atoms with Gasteiger partial charge in [-0.3, -0.25) is 0 Å². The molecular weight excluding hydrogens is 282 g/mol. The van der Waals surface area contributed by atoms with Gasteiger partial charge in [0.1, 0.15) is 0 Å². The molecule has 23 heavy (non-hydrogen) atoms. The van der Waals surface area contributed by atoms with E-state index < -0.39 is 0 Å². The fourth-order valence-corrected chi connectivity index (χ4v) is 2.45. The number of unbranched alkanes of at least 4 members (excludes halogenated alkanes) is 3. The molecule has 3 nitrogen and oxygen atoms in total. The van der Waals surface area contributed by atoms with Crippen LogP contribution in [0.15, 0.2) is 59.6 Å². The SMILES string of the molecule is CCCCCCc1ccc(CN=C(N)Nc2ccccc2)cc1. The molecule has 0 fully saturated rings. The molecule has 0 amide bonds. The molecule has 3 heteroatoms. The lowest BCUT2D eigenvalue weighted by atomic mass is 10.0. The highest BCUT2D eigenvalue weighted by Gasteiger charge is 1.97. The van der Waals surface area contributed by atoms with E-state index in [4.69, 9.17) is 5.73 Å². The van der Waals surface area contributed by atoms with E-state index in [2.05, 4.69) is 41.5 Å². The zero-order chi connectivity index (χ0) is 16.3. The summed E-state index contributed by atoms with van der Waals surface area (Å²) in [4.78, 5) is 4.39. The van der Waals surface area contributed by atoms with Gasteiger partial charge in [0.25, 0.3) is 0 Å². The molecule has 122 valence electrons. The standard InChI is InChI=1S/C20H27N3/c1-2-3-4-6-9-17-12-14-18(15-13-17)16-22-20(21)23-19-10-7-5-8-11-19/h5,7-8,10-15H,2-4,6,9,16H2,1H3,(H3,21,22,23). The average Bonchev–Trinajstić information content (AvgIpc) is 2.59. The summed E-state index contributed by atoms with van der Waals surface area (Å²) >= 11 is 0. The van der Waals surface area contributed by atoms with Gasteiger partial charge in [-0.1, -0.05) is 68.7 Å². The van der Waals surface area contributed by atoms with Crippen molar-refractivity contribution in [3.8, 4) is 0 Å². The molecular formula is C20H27N3. The van der Waals surface area contributed by atoms with Crippen molar-refractivity contribution >= 4 is 11.6 Å². The van der Waals surface area contributed by atoms with Gasteiger partial charge in [-0.2, -0.15) is 0 Å². The maximum Gasteiger partial charge on any atom is 0.193 e. The Kier molecular flexibility index (Phi) is 7.18. The van der Waals surface area contributed by atoms with E-state index in [0.717, 1.165) is 5.69 Å². The third kappa shape index (κ3) is 6.55. The van der Waals surface area contributed by atoms with Gasteiger partial charge in [0.15, 0.2) is 5.96 Å². The number of nitrogens with zero attached hydrogens (tertiary/aromatic N) is 1.